The zero-order chi connectivity index (χ0) is 14.0. The first-order valence-electron chi connectivity index (χ1n) is 8.16. The summed E-state index contributed by atoms with van der Waals surface area (Å²) < 4.78 is 0. The average Bonchev–Trinajstić information content (AvgIpc) is 3.07. The zero-order valence-electron chi connectivity index (χ0n) is 13.4. The fourth-order valence-corrected chi connectivity index (χ4v) is 3.54. The van der Waals surface area contributed by atoms with Crippen molar-refractivity contribution in [3.8, 4) is 0 Å². The Hall–Kier alpha value is -0.120. The molecule has 0 spiro atoms. The standard InChI is InChI=1S/C16H33N3/c1-13(2)9-19(10-14(3)4)16(11-17)7-8-18(12-16)15-5-6-15/h13-15H,5-12,17H2,1-4H3. The number of nitrogens with zero attached hydrogens (tertiary/aromatic N) is 2. The molecule has 1 atom stereocenters. The van der Waals surface area contributed by atoms with Gasteiger partial charge in [-0.2, -0.15) is 0 Å². The summed E-state index contributed by atoms with van der Waals surface area (Å²) in [5.74, 6) is 1.44. The van der Waals surface area contributed by atoms with Crippen molar-refractivity contribution in [2.24, 2.45) is 17.6 Å². The highest BCUT2D eigenvalue weighted by Gasteiger charge is 2.45. The van der Waals surface area contributed by atoms with Crippen molar-refractivity contribution in [1.82, 2.24) is 9.80 Å². The second-order valence-corrected chi connectivity index (χ2v) is 7.57. The molecule has 0 bridgehead atoms. The van der Waals surface area contributed by atoms with E-state index in [1.807, 2.05) is 0 Å². The Labute approximate surface area is 119 Å². The number of hydrogen-bond acceptors (Lipinski definition) is 3. The predicted octanol–water partition coefficient (Wildman–Crippen LogP) is 2.17. The van der Waals surface area contributed by atoms with Crippen molar-refractivity contribution in [1.29, 1.82) is 0 Å². The summed E-state index contributed by atoms with van der Waals surface area (Å²) in [4.78, 5) is 5.41. The molecule has 1 heterocycles. The molecule has 112 valence electrons. The lowest BCUT2D eigenvalue weighted by Crippen LogP contribution is -2.57. The minimum absolute atomic E-state index is 0.247. The summed E-state index contributed by atoms with van der Waals surface area (Å²) in [5.41, 5.74) is 6.48. The fraction of sp³-hybridized carbons (Fsp3) is 1.00. The van der Waals surface area contributed by atoms with Crippen LogP contribution in [0.15, 0.2) is 0 Å². The molecule has 2 aliphatic rings. The molecule has 1 aliphatic heterocycles. The predicted molar refractivity (Wildman–Crippen MR) is 82.2 cm³/mol. The second-order valence-electron chi connectivity index (χ2n) is 7.57. The molecule has 3 heteroatoms. The van der Waals surface area contributed by atoms with Gasteiger partial charge < -0.3 is 5.73 Å². The van der Waals surface area contributed by atoms with Gasteiger partial charge in [0.1, 0.15) is 0 Å². The van der Waals surface area contributed by atoms with Crippen molar-refractivity contribution in [2.75, 3.05) is 32.7 Å². The van der Waals surface area contributed by atoms with Gasteiger partial charge >= 0.3 is 0 Å². The first-order valence-corrected chi connectivity index (χ1v) is 8.16. The smallest absolute Gasteiger partial charge is 0.0470 e. The topological polar surface area (TPSA) is 32.5 Å². The molecule has 3 nitrogen and oxygen atoms in total. The van der Waals surface area contributed by atoms with Crippen LogP contribution in [0.5, 0.6) is 0 Å². The molecule has 2 rings (SSSR count). The Bertz CT molecular complexity index is 276. The van der Waals surface area contributed by atoms with E-state index in [1.165, 1.54) is 45.4 Å². The first-order chi connectivity index (χ1) is 8.97. The summed E-state index contributed by atoms with van der Waals surface area (Å²) in [5, 5.41) is 0. The van der Waals surface area contributed by atoms with Crippen molar-refractivity contribution in [2.45, 2.75) is 58.5 Å². The highest BCUT2D eigenvalue weighted by Crippen LogP contribution is 2.36. The lowest BCUT2D eigenvalue weighted by molar-refractivity contribution is 0.0721. The molecule has 2 fully saturated rings. The molecule has 1 saturated heterocycles. The van der Waals surface area contributed by atoms with Gasteiger partial charge in [-0.15, -0.1) is 0 Å². The van der Waals surface area contributed by atoms with E-state index in [1.54, 1.807) is 0 Å². The summed E-state index contributed by atoms with van der Waals surface area (Å²) in [6.07, 6.45) is 4.09. The van der Waals surface area contributed by atoms with E-state index in [0.717, 1.165) is 24.4 Å². The van der Waals surface area contributed by atoms with Crippen LogP contribution in [0.4, 0.5) is 0 Å². The molecule has 1 unspecified atom stereocenters. The van der Waals surface area contributed by atoms with Gasteiger partial charge in [0, 0.05) is 44.3 Å². The van der Waals surface area contributed by atoms with E-state index in [0.29, 0.717) is 0 Å². The van der Waals surface area contributed by atoms with E-state index >= 15 is 0 Å². The van der Waals surface area contributed by atoms with E-state index in [4.69, 9.17) is 5.73 Å². The Morgan fingerprint density at radius 1 is 1.16 bits per heavy atom. The maximum Gasteiger partial charge on any atom is 0.0470 e. The fourth-order valence-electron chi connectivity index (χ4n) is 3.54. The summed E-state index contributed by atoms with van der Waals surface area (Å²) in [6, 6.07) is 0.883. The van der Waals surface area contributed by atoms with Gasteiger partial charge in [0.25, 0.3) is 0 Å². The van der Waals surface area contributed by atoms with Crippen molar-refractivity contribution >= 4 is 0 Å². The van der Waals surface area contributed by atoms with Gasteiger partial charge in [0.05, 0.1) is 0 Å². The third kappa shape index (κ3) is 3.71. The Morgan fingerprint density at radius 3 is 2.16 bits per heavy atom. The van der Waals surface area contributed by atoms with Crippen LogP contribution in [0, 0.1) is 11.8 Å². The third-order valence-corrected chi connectivity index (χ3v) is 4.65. The molecule has 2 N–H and O–H groups in total. The van der Waals surface area contributed by atoms with Crippen molar-refractivity contribution in [3.63, 3.8) is 0 Å². The van der Waals surface area contributed by atoms with Gasteiger partial charge in [0.2, 0.25) is 0 Å². The Balaban J connectivity index is 2.06. The molecule has 0 aromatic heterocycles. The van der Waals surface area contributed by atoms with Crippen molar-refractivity contribution < 1.29 is 0 Å². The highest BCUT2D eigenvalue weighted by atomic mass is 15.3. The molecular formula is C16H33N3. The molecule has 0 aromatic rings. The quantitative estimate of drug-likeness (QED) is 0.767. The van der Waals surface area contributed by atoms with Crippen LogP contribution in [0.3, 0.4) is 0 Å². The van der Waals surface area contributed by atoms with Crippen LogP contribution in [-0.4, -0.2) is 54.1 Å². The first kappa shape index (κ1) is 15.3. The molecule has 1 aliphatic carbocycles. The number of nitrogens with two attached hydrogens (primary N) is 1. The Morgan fingerprint density at radius 2 is 1.74 bits per heavy atom. The average molecular weight is 267 g/mol. The summed E-state index contributed by atoms with van der Waals surface area (Å²) >= 11 is 0. The molecule has 0 radical (unpaired) electrons. The van der Waals surface area contributed by atoms with Crippen LogP contribution in [0.1, 0.15) is 47.0 Å². The summed E-state index contributed by atoms with van der Waals surface area (Å²) in [7, 11) is 0. The van der Waals surface area contributed by atoms with E-state index < -0.39 is 0 Å². The van der Waals surface area contributed by atoms with Crippen molar-refractivity contribution in [3.05, 3.63) is 0 Å². The van der Waals surface area contributed by atoms with Gasteiger partial charge in [-0.05, 0) is 31.1 Å². The van der Waals surface area contributed by atoms with Crippen LogP contribution in [0.2, 0.25) is 0 Å². The van der Waals surface area contributed by atoms with Crippen LogP contribution >= 0.6 is 0 Å². The van der Waals surface area contributed by atoms with Crippen LogP contribution in [-0.2, 0) is 0 Å². The third-order valence-electron chi connectivity index (χ3n) is 4.65. The second kappa shape index (κ2) is 6.11. The van der Waals surface area contributed by atoms with Crippen LogP contribution in [0.25, 0.3) is 0 Å². The van der Waals surface area contributed by atoms with Gasteiger partial charge in [-0.1, -0.05) is 27.7 Å². The zero-order valence-corrected chi connectivity index (χ0v) is 13.4. The highest BCUT2D eigenvalue weighted by molar-refractivity contribution is 5.03. The maximum absolute atomic E-state index is 6.24. The summed E-state index contributed by atoms with van der Waals surface area (Å²) in [6.45, 7) is 15.0. The molecule has 19 heavy (non-hydrogen) atoms. The molecule has 0 amide bonds. The molecule has 1 saturated carbocycles. The largest absolute Gasteiger partial charge is 0.329 e. The molecular weight excluding hydrogens is 234 g/mol. The minimum atomic E-state index is 0.247. The maximum atomic E-state index is 6.24. The SMILES string of the molecule is CC(C)CN(CC(C)C)C1(CN)CCN(C2CC2)C1. The van der Waals surface area contributed by atoms with E-state index in [9.17, 15) is 0 Å². The van der Waals surface area contributed by atoms with Gasteiger partial charge in [-0.25, -0.2) is 0 Å². The van der Waals surface area contributed by atoms with E-state index in [-0.39, 0.29) is 5.54 Å². The lowest BCUT2D eigenvalue weighted by atomic mass is 9.93. The van der Waals surface area contributed by atoms with Gasteiger partial charge in [0.15, 0.2) is 0 Å². The van der Waals surface area contributed by atoms with Crippen LogP contribution < -0.4 is 5.73 Å². The number of rotatable bonds is 7. The van der Waals surface area contributed by atoms with E-state index in [2.05, 4.69) is 37.5 Å². The normalized spacial score (nSPS) is 29.1. The monoisotopic (exact) mass is 267 g/mol. The Kier molecular flexibility index (Phi) is 4.91. The van der Waals surface area contributed by atoms with Gasteiger partial charge in [-0.3, -0.25) is 9.80 Å². The minimum Gasteiger partial charge on any atom is -0.329 e. The lowest BCUT2D eigenvalue weighted by Gasteiger charge is -2.42. The number of likely N-dealkylation sites (tertiary alicyclic amines) is 1. The number of hydrogen-bond donors (Lipinski definition) is 1. The molecule has 0 aromatic carbocycles.